The Labute approximate surface area is 121 Å². The standard InChI is InChI=1S/C16H25N3O/c1-3-13-7-4-5-9-15(13)18-16(20)12-19-10-6-8-14(11-19)17-2/h4-5,7,9,14,17H,3,6,8,10-12H2,1-2H3,(H,18,20). The molecule has 2 N–H and O–H groups in total. The molecule has 1 atom stereocenters. The second-order valence-corrected chi connectivity index (χ2v) is 5.42. The molecule has 0 spiro atoms. The van der Waals surface area contributed by atoms with E-state index in [9.17, 15) is 4.79 Å². The highest BCUT2D eigenvalue weighted by Gasteiger charge is 2.20. The molecule has 1 aliphatic rings. The van der Waals surface area contributed by atoms with Gasteiger partial charge >= 0.3 is 0 Å². The first-order chi connectivity index (χ1) is 9.72. The Kier molecular flexibility index (Phi) is 5.56. The average Bonchev–Trinajstić information content (AvgIpc) is 2.48. The molecule has 4 nitrogen and oxygen atoms in total. The minimum absolute atomic E-state index is 0.0858. The van der Waals surface area contributed by atoms with E-state index in [1.54, 1.807) is 0 Å². The fourth-order valence-corrected chi connectivity index (χ4v) is 2.78. The van der Waals surface area contributed by atoms with Crippen LogP contribution in [0, 0.1) is 0 Å². The van der Waals surface area contributed by atoms with Crippen LogP contribution in [-0.2, 0) is 11.2 Å². The van der Waals surface area contributed by atoms with Crippen molar-refractivity contribution in [1.29, 1.82) is 0 Å². The summed E-state index contributed by atoms with van der Waals surface area (Å²) in [6.07, 6.45) is 3.29. The Hall–Kier alpha value is -1.39. The molecular formula is C16H25N3O. The van der Waals surface area contributed by atoms with Gasteiger partial charge in [-0.05, 0) is 44.5 Å². The maximum absolute atomic E-state index is 12.2. The molecule has 20 heavy (non-hydrogen) atoms. The maximum atomic E-state index is 12.2. The molecule has 2 rings (SSSR count). The summed E-state index contributed by atoms with van der Waals surface area (Å²) in [5.41, 5.74) is 2.13. The summed E-state index contributed by atoms with van der Waals surface area (Å²) in [6, 6.07) is 8.53. The molecule has 1 aliphatic heterocycles. The van der Waals surface area contributed by atoms with E-state index in [1.165, 1.54) is 12.0 Å². The smallest absolute Gasteiger partial charge is 0.238 e. The van der Waals surface area contributed by atoms with Gasteiger partial charge < -0.3 is 10.6 Å². The van der Waals surface area contributed by atoms with Gasteiger partial charge in [-0.2, -0.15) is 0 Å². The van der Waals surface area contributed by atoms with Gasteiger partial charge in [0.25, 0.3) is 0 Å². The van der Waals surface area contributed by atoms with E-state index in [4.69, 9.17) is 0 Å². The minimum Gasteiger partial charge on any atom is -0.325 e. The monoisotopic (exact) mass is 275 g/mol. The second kappa shape index (κ2) is 7.41. The molecule has 0 radical (unpaired) electrons. The quantitative estimate of drug-likeness (QED) is 0.862. The number of carbonyl (C=O) groups excluding carboxylic acids is 1. The lowest BCUT2D eigenvalue weighted by Crippen LogP contribution is -2.46. The number of nitrogens with zero attached hydrogens (tertiary/aromatic N) is 1. The van der Waals surface area contributed by atoms with E-state index in [0.29, 0.717) is 12.6 Å². The van der Waals surface area contributed by atoms with E-state index < -0.39 is 0 Å². The molecular weight excluding hydrogens is 250 g/mol. The number of anilines is 1. The Morgan fingerprint density at radius 1 is 1.40 bits per heavy atom. The Morgan fingerprint density at radius 3 is 2.95 bits per heavy atom. The van der Waals surface area contributed by atoms with E-state index in [-0.39, 0.29) is 5.91 Å². The number of hydrogen-bond acceptors (Lipinski definition) is 3. The van der Waals surface area contributed by atoms with Crippen LogP contribution in [-0.4, -0.2) is 43.5 Å². The molecule has 1 heterocycles. The zero-order valence-electron chi connectivity index (χ0n) is 12.5. The van der Waals surface area contributed by atoms with Gasteiger partial charge in [0.15, 0.2) is 0 Å². The lowest BCUT2D eigenvalue weighted by atomic mass is 10.1. The van der Waals surface area contributed by atoms with Gasteiger partial charge in [-0.25, -0.2) is 0 Å². The number of amides is 1. The topological polar surface area (TPSA) is 44.4 Å². The Morgan fingerprint density at radius 2 is 2.20 bits per heavy atom. The van der Waals surface area contributed by atoms with Crippen LogP contribution in [0.5, 0.6) is 0 Å². The number of nitrogens with one attached hydrogen (secondary N) is 2. The molecule has 4 heteroatoms. The van der Waals surface area contributed by atoms with Gasteiger partial charge in [-0.1, -0.05) is 25.1 Å². The van der Waals surface area contributed by atoms with Crippen LogP contribution in [0.15, 0.2) is 24.3 Å². The van der Waals surface area contributed by atoms with E-state index in [2.05, 4.69) is 28.5 Å². The number of hydrogen-bond donors (Lipinski definition) is 2. The van der Waals surface area contributed by atoms with E-state index >= 15 is 0 Å². The number of aryl methyl sites for hydroxylation is 1. The van der Waals surface area contributed by atoms with Crippen molar-refractivity contribution in [1.82, 2.24) is 10.2 Å². The maximum Gasteiger partial charge on any atom is 0.238 e. The molecule has 0 bridgehead atoms. The number of carbonyl (C=O) groups is 1. The first-order valence-corrected chi connectivity index (χ1v) is 7.50. The second-order valence-electron chi connectivity index (χ2n) is 5.42. The van der Waals surface area contributed by atoms with Gasteiger partial charge in [-0.15, -0.1) is 0 Å². The number of piperidine rings is 1. The fraction of sp³-hybridized carbons (Fsp3) is 0.562. The fourth-order valence-electron chi connectivity index (χ4n) is 2.78. The van der Waals surface area contributed by atoms with Crippen molar-refractivity contribution in [2.45, 2.75) is 32.2 Å². The minimum atomic E-state index is 0.0858. The first-order valence-electron chi connectivity index (χ1n) is 7.50. The molecule has 110 valence electrons. The molecule has 1 amide bonds. The summed E-state index contributed by atoms with van der Waals surface area (Å²) < 4.78 is 0. The Balaban J connectivity index is 1.89. The molecule has 1 saturated heterocycles. The zero-order valence-corrected chi connectivity index (χ0v) is 12.5. The molecule has 1 unspecified atom stereocenters. The number of rotatable bonds is 5. The van der Waals surface area contributed by atoms with Crippen LogP contribution in [0.4, 0.5) is 5.69 Å². The summed E-state index contributed by atoms with van der Waals surface area (Å²) in [5, 5.41) is 6.34. The molecule has 1 aromatic carbocycles. The summed E-state index contributed by atoms with van der Waals surface area (Å²) in [6.45, 7) is 4.56. The number of likely N-dealkylation sites (tertiary alicyclic amines) is 1. The van der Waals surface area contributed by atoms with Gasteiger partial charge in [0.1, 0.15) is 0 Å². The van der Waals surface area contributed by atoms with Crippen LogP contribution < -0.4 is 10.6 Å². The van der Waals surface area contributed by atoms with Crippen molar-refractivity contribution in [2.75, 3.05) is 32.0 Å². The van der Waals surface area contributed by atoms with Crippen LogP contribution in [0.2, 0.25) is 0 Å². The third-order valence-corrected chi connectivity index (χ3v) is 3.95. The molecule has 1 aromatic rings. The van der Waals surface area contributed by atoms with E-state index in [0.717, 1.165) is 31.6 Å². The third-order valence-electron chi connectivity index (χ3n) is 3.95. The predicted molar refractivity (Wildman–Crippen MR) is 83.0 cm³/mol. The number of benzene rings is 1. The summed E-state index contributed by atoms with van der Waals surface area (Å²) in [7, 11) is 1.99. The highest BCUT2D eigenvalue weighted by molar-refractivity contribution is 5.93. The molecule has 0 aliphatic carbocycles. The van der Waals surface area contributed by atoms with E-state index in [1.807, 2.05) is 25.2 Å². The SMILES string of the molecule is CCc1ccccc1NC(=O)CN1CCCC(NC)C1. The predicted octanol–water partition coefficient (Wildman–Crippen LogP) is 1.87. The third kappa shape index (κ3) is 4.05. The largest absolute Gasteiger partial charge is 0.325 e. The number of likely N-dealkylation sites (N-methyl/N-ethyl adjacent to an activating group) is 1. The lowest BCUT2D eigenvalue weighted by molar-refractivity contribution is -0.117. The molecule has 1 fully saturated rings. The summed E-state index contributed by atoms with van der Waals surface area (Å²) in [4.78, 5) is 14.4. The average molecular weight is 275 g/mol. The molecule has 0 aromatic heterocycles. The van der Waals surface area contributed by atoms with Crippen molar-refractivity contribution in [3.63, 3.8) is 0 Å². The van der Waals surface area contributed by atoms with Crippen LogP contribution in [0.25, 0.3) is 0 Å². The highest BCUT2D eigenvalue weighted by Crippen LogP contribution is 2.16. The highest BCUT2D eigenvalue weighted by atomic mass is 16.2. The van der Waals surface area contributed by atoms with Crippen LogP contribution in [0.3, 0.4) is 0 Å². The van der Waals surface area contributed by atoms with Crippen molar-refractivity contribution in [3.8, 4) is 0 Å². The Bertz CT molecular complexity index is 447. The van der Waals surface area contributed by atoms with Crippen molar-refractivity contribution in [3.05, 3.63) is 29.8 Å². The molecule has 0 saturated carbocycles. The first kappa shape index (κ1) is 15.0. The lowest BCUT2D eigenvalue weighted by Gasteiger charge is -2.31. The van der Waals surface area contributed by atoms with Crippen molar-refractivity contribution < 1.29 is 4.79 Å². The normalized spacial score (nSPS) is 19.8. The van der Waals surface area contributed by atoms with Crippen LogP contribution >= 0.6 is 0 Å². The van der Waals surface area contributed by atoms with Crippen molar-refractivity contribution in [2.24, 2.45) is 0 Å². The van der Waals surface area contributed by atoms with Crippen molar-refractivity contribution >= 4 is 11.6 Å². The van der Waals surface area contributed by atoms with Gasteiger partial charge in [0.2, 0.25) is 5.91 Å². The van der Waals surface area contributed by atoms with Gasteiger partial charge in [-0.3, -0.25) is 9.69 Å². The summed E-state index contributed by atoms with van der Waals surface area (Å²) in [5.74, 6) is 0.0858. The van der Waals surface area contributed by atoms with Gasteiger partial charge in [0.05, 0.1) is 6.54 Å². The summed E-state index contributed by atoms with van der Waals surface area (Å²) >= 11 is 0. The van der Waals surface area contributed by atoms with Crippen LogP contribution in [0.1, 0.15) is 25.3 Å². The van der Waals surface area contributed by atoms with Gasteiger partial charge in [0, 0.05) is 18.3 Å². The number of para-hydroxylation sites is 1. The zero-order chi connectivity index (χ0) is 14.4.